The van der Waals surface area contributed by atoms with Crippen molar-refractivity contribution in [1.29, 1.82) is 0 Å². The van der Waals surface area contributed by atoms with Gasteiger partial charge in [-0.1, -0.05) is 57.9 Å². The predicted molar refractivity (Wildman–Crippen MR) is 105 cm³/mol. The van der Waals surface area contributed by atoms with Crippen molar-refractivity contribution in [3.63, 3.8) is 0 Å². The molecule has 0 aliphatic carbocycles. The molecule has 1 amide bonds. The molecule has 1 aromatic heterocycles. The Morgan fingerprint density at radius 3 is 2.81 bits per heavy atom. The summed E-state index contributed by atoms with van der Waals surface area (Å²) in [7, 11) is 0. The largest absolute Gasteiger partial charge is 0.347 e. The van der Waals surface area contributed by atoms with Crippen LogP contribution in [0.1, 0.15) is 27.8 Å². The first-order valence-corrected chi connectivity index (χ1v) is 9.32. The molecule has 0 bridgehead atoms. The molecule has 0 spiro atoms. The van der Waals surface area contributed by atoms with E-state index in [-0.39, 0.29) is 12.1 Å². The highest BCUT2D eigenvalue weighted by molar-refractivity contribution is 9.10. The zero-order valence-corrected chi connectivity index (χ0v) is 16.0. The maximum atomic E-state index is 12.2. The van der Waals surface area contributed by atoms with Crippen molar-refractivity contribution in [2.45, 2.75) is 19.6 Å². The van der Waals surface area contributed by atoms with Crippen LogP contribution in [0.4, 0.5) is 0 Å². The van der Waals surface area contributed by atoms with E-state index in [2.05, 4.69) is 57.8 Å². The van der Waals surface area contributed by atoms with Crippen LogP contribution in [-0.4, -0.2) is 22.2 Å². The van der Waals surface area contributed by atoms with Gasteiger partial charge >= 0.3 is 0 Å². The summed E-state index contributed by atoms with van der Waals surface area (Å²) in [6.45, 7) is 3.26. The number of carbonyl (C=O) groups excluding carboxylic acids is 1. The second kappa shape index (κ2) is 7.05. The van der Waals surface area contributed by atoms with E-state index < -0.39 is 0 Å². The topological polar surface area (TPSA) is 59.0 Å². The van der Waals surface area contributed by atoms with Gasteiger partial charge in [-0.25, -0.2) is 4.68 Å². The average molecular weight is 411 g/mol. The molecule has 1 unspecified atom stereocenters. The van der Waals surface area contributed by atoms with Crippen molar-refractivity contribution in [2.75, 3.05) is 6.54 Å². The lowest BCUT2D eigenvalue weighted by atomic mass is 10.1. The molecular weight excluding hydrogens is 392 g/mol. The van der Waals surface area contributed by atoms with Crippen LogP contribution in [0.5, 0.6) is 0 Å². The molecule has 3 aromatic rings. The molecule has 6 heteroatoms. The van der Waals surface area contributed by atoms with E-state index in [1.807, 2.05) is 30.3 Å². The Hall–Kier alpha value is -2.44. The predicted octanol–water partition coefficient (Wildman–Crippen LogP) is 3.65. The van der Waals surface area contributed by atoms with Crippen LogP contribution in [0.15, 0.2) is 59.1 Å². The van der Waals surface area contributed by atoms with Crippen molar-refractivity contribution in [2.24, 2.45) is 0 Å². The molecule has 1 atom stereocenters. The van der Waals surface area contributed by atoms with Crippen molar-refractivity contribution in [3.8, 4) is 11.3 Å². The number of benzene rings is 2. The van der Waals surface area contributed by atoms with E-state index in [1.165, 1.54) is 11.1 Å². The normalized spacial score (nSPS) is 16.2. The van der Waals surface area contributed by atoms with Gasteiger partial charge < -0.3 is 5.32 Å². The average Bonchev–Trinajstić information content (AvgIpc) is 3.08. The van der Waals surface area contributed by atoms with Gasteiger partial charge in [0.1, 0.15) is 11.9 Å². The van der Waals surface area contributed by atoms with Crippen molar-refractivity contribution < 1.29 is 4.79 Å². The van der Waals surface area contributed by atoms with Crippen LogP contribution in [0.2, 0.25) is 0 Å². The molecule has 26 heavy (non-hydrogen) atoms. The van der Waals surface area contributed by atoms with Crippen molar-refractivity contribution in [3.05, 3.63) is 75.9 Å². The molecular formula is C20H19BrN4O. The highest BCUT2D eigenvalue weighted by atomic mass is 79.9. The van der Waals surface area contributed by atoms with Gasteiger partial charge in [-0.05, 0) is 30.7 Å². The number of aryl methyl sites for hydroxylation is 1. The number of nitrogens with one attached hydrogen (secondary N) is 2. The summed E-state index contributed by atoms with van der Waals surface area (Å²) in [6, 6.07) is 18.2. The Morgan fingerprint density at radius 1 is 1.23 bits per heavy atom. The summed E-state index contributed by atoms with van der Waals surface area (Å²) >= 11 is 3.49. The number of hydrogen-bond donors (Lipinski definition) is 2. The zero-order chi connectivity index (χ0) is 18.1. The molecule has 2 aromatic carbocycles. The van der Waals surface area contributed by atoms with E-state index in [0.717, 1.165) is 15.7 Å². The number of nitrogens with zero attached hydrogens (tertiary/aromatic N) is 2. The van der Waals surface area contributed by atoms with Crippen LogP contribution in [-0.2, 0) is 6.54 Å². The number of rotatable bonds is 4. The number of halogens is 1. The fourth-order valence-electron chi connectivity index (χ4n) is 3.07. The van der Waals surface area contributed by atoms with Crippen LogP contribution < -0.4 is 10.6 Å². The summed E-state index contributed by atoms with van der Waals surface area (Å²) in [5.41, 5.74) is 4.77. The molecule has 2 N–H and O–H groups in total. The smallest absolute Gasteiger partial charge is 0.269 e. The number of carbonyl (C=O) groups is 1. The third-order valence-corrected chi connectivity index (χ3v) is 4.99. The van der Waals surface area contributed by atoms with Crippen LogP contribution >= 0.6 is 15.9 Å². The lowest BCUT2D eigenvalue weighted by Gasteiger charge is -2.25. The van der Waals surface area contributed by atoms with Gasteiger partial charge in [0.05, 0.1) is 12.2 Å². The van der Waals surface area contributed by atoms with Gasteiger partial charge in [0, 0.05) is 16.6 Å². The van der Waals surface area contributed by atoms with Gasteiger partial charge in [0.25, 0.3) is 5.91 Å². The van der Waals surface area contributed by atoms with Crippen molar-refractivity contribution >= 4 is 21.8 Å². The molecule has 0 fully saturated rings. The minimum absolute atomic E-state index is 0.0825. The first-order valence-electron chi connectivity index (χ1n) is 8.53. The SMILES string of the molecule is Cc1ccc(-c2cc3n(n2)C(NCc2cccc(Br)c2)CNC3=O)cc1. The van der Waals surface area contributed by atoms with Gasteiger partial charge in [-0.3, -0.25) is 10.1 Å². The first-order chi connectivity index (χ1) is 12.6. The van der Waals surface area contributed by atoms with Gasteiger partial charge in [0.2, 0.25) is 0 Å². The summed E-state index contributed by atoms with van der Waals surface area (Å²) in [4.78, 5) is 12.2. The minimum atomic E-state index is -0.0867. The molecule has 0 saturated carbocycles. The maximum Gasteiger partial charge on any atom is 0.269 e. The molecule has 0 radical (unpaired) electrons. The summed E-state index contributed by atoms with van der Waals surface area (Å²) in [5.74, 6) is -0.0867. The number of aromatic nitrogens is 2. The first kappa shape index (κ1) is 17.0. The van der Waals surface area contributed by atoms with Crippen LogP contribution in [0.25, 0.3) is 11.3 Å². The number of amides is 1. The Balaban J connectivity index is 1.59. The minimum Gasteiger partial charge on any atom is -0.347 e. The quantitative estimate of drug-likeness (QED) is 0.689. The Morgan fingerprint density at radius 2 is 2.04 bits per heavy atom. The second-order valence-electron chi connectivity index (χ2n) is 6.46. The summed E-state index contributed by atoms with van der Waals surface area (Å²) in [6.07, 6.45) is -0.0825. The second-order valence-corrected chi connectivity index (χ2v) is 7.38. The molecule has 1 aliphatic rings. The Bertz CT molecular complexity index is 949. The fraction of sp³-hybridized carbons (Fsp3) is 0.200. The van der Waals surface area contributed by atoms with E-state index in [0.29, 0.717) is 18.8 Å². The molecule has 1 aliphatic heterocycles. The number of hydrogen-bond acceptors (Lipinski definition) is 3. The van der Waals surface area contributed by atoms with E-state index in [9.17, 15) is 4.79 Å². The van der Waals surface area contributed by atoms with Crippen LogP contribution in [0.3, 0.4) is 0 Å². The number of fused-ring (bicyclic) bond motifs is 1. The van der Waals surface area contributed by atoms with Crippen molar-refractivity contribution in [1.82, 2.24) is 20.4 Å². The standard InChI is InChI=1S/C20H19BrN4O/c1-13-5-7-15(8-6-13)17-10-18-20(26)23-12-19(25(18)24-17)22-11-14-3-2-4-16(21)9-14/h2-10,19,22H,11-12H2,1H3,(H,23,26). The third kappa shape index (κ3) is 3.43. The molecule has 2 heterocycles. The summed E-state index contributed by atoms with van der Waals surface area (Å²) < 4.78 is 2.85. The molecule has 4 rings (SSSR count). The molecule has 132 valence electrons. The van der Waals surface area contributed by atoms with E-state index >= 15 is 0 Å². The van der Waals surface area contributed by atoms with Gasteiger partial charge in [0.15, 0.2) is 0 Å². The van der Waals surface area contributed by atoms with Gasteiger partial charge in [-0.2, -0.15) is 5.10 Å². The lowest BCUT2D eigenvalue weighted by molar-refractivity contribution is 0.0900. The van der Waals surface area contributed by atoms with E-state index in [4.69, 9.17) is 5.10 Å². The zero-order valence-electron chi connectivity index (χ0n) is 14.4. The molecule has 0 saturated heterocycles. The Kier molecular flexibility index (Phi) is 4.61. The maximum absolute atomic E-state index is 12.2. The monoisotopic (exact) mass is 410 g/mol. The molecule has 5 nitrogen and oxygen atoms in total. The highest BCUT2D eigenvalue weighted by Crippen LogP contribution is 2.23. The summed E-state index contributed by atoms with van der Waals surface area (Å²) in [5, 5.41) is 11.1. The van der Waals surface area contributed by atoms with E-state index in [1.54, 1.807) is 4.68 Å². The highest BCUT2D eigenvalue weighted by Gasteiger charge is 2.27. The fourth-order valence-corrected chi connectivity index (χ4v) is 3.52. The third-order valence-electron chi connectivity index (χ3n) is 4.50. The van der Waals surface area contributed by atoms with Crippen LogP contribution in [0, 0.1) is 6.92 Å². The van der Waals surface area contributed by atoms with Gasteiger partial charge in [-0.15, -0.1) is 0 Å². The Labute approximate surface area is 160 Å². The lowest BCUT2D eigenvalue weighted by Crippen LogP contribution is -2.45.